The number of nitrogens with zero attached hydrogens (tertiary/aromatic N) is 1. The first-order valence-electron chi connectivity index (χ1n) is 7.24. The highest BCUT2D eigenvalue weighted by Crippen LogP contribution is 2.21. The molecule has 23 heavy (non-hydrogen) atoms. The number of aromatic amines is 1. The molecule has 5 nitrogen and oxygen atoms in total. The fourth-order valence-electron chi connectivity index (χ4n) is 2.76. The molecule has 1 N–H and O–H groups in total. The molecule has 0 saturated heterocycles. The minimum atomic E-state index is -3.38. The summed E-state index contributed by atoms with van der Waals surface area (Å²) in [4.78, 5) is 3.01. The molecule has 3 aromatic rings. The molecule has 0 radical (unpaired) electrons. The lowest BCUT2D eigenvalue weighted by Gasteiger charge is -2.09. The zero-order valence-electron chi connectivity index (χ0n) is 13.3. The molecule has 0 atom stereocenters. The van der Waals surface area contributed by atoms with Gasteiger partial charge < -0.3 is 4.74 Å². The van der Waals surface area contributed by atoms with Gasteiger partial charge in [-0.3, -0.25) is 0 Å². The zero-order valence-corrected chi connectivity index (χ0v) is 14.1. The van der Waals surface area contributed by atoms with Gasteiger partial charge in [-0.25, -0.2) is 18.0 Å². The number of ether oxygens (including phenoxy) is 1. The third kappa shape index (κ3) is 2.94. The molecule has 0 aliphatic rings. The molecular formula is C17H19N2O3S+. The topological polar surface area (TPSA) is 63.0 Å². The number of fused-ring (bicyclic) bond motifs is 1. The van der Waals surface area contributed by atoms with E-state index in [0.717, 1.165) is 27.9 Å². The standard InChI is InChI=1S/C17H18N2O3S/c1-12-8-9-16(22-2)13(10-12)11-19-15-7-5-4-6-14(15)18-17(19)23(3,20)21/h4-10H,11H2,1-3H3/p+1. The summed E-state index contributed by atoms with van der Waals surface area (Å²) in [6.07, 6.45) is 1.21. The maximum Gasteiger partial charge on any atom is 0.374 e. The lowest BCUT2D eigenvalue weighted by Crippen LogP contribution is -2.39. The fourth-order valence-corrected chi connectivity index (χ4v) is 3.62. The molecule has 0 amide bonds. The first-order valence-corrected chi connectivity index (χ1v) is 9.13. The van der Waals surface area contributed by atoms with E-state index < -0.39 is 9.84 Å². The molecule has 120 valence electrons. The van der Waals surface area contributed by atoms with Gasteiger partial charge in [0.15, 0.2) is 11.0 Å². The Morgan fingerprint density at radius 1 is 1.17 bits per heavy atom. The number of H-pyrrole nitrogens is 1. The van der Waals surface area contributed by atoms with E-state index in [0.29, 0.717) is 6.54 Å². The summed E-state index contributed by atoms with van der Waals surface area (Å²) in [6.45, 7) is 2.41. The molecule has 0 unspecified atom stereocenters. The van der Waals surface area contributed by atoms with Gasteiger partial charge in [-0.15, -0.1) is 0 Å². The summed E-state index contributed by atoms with van der Waals surface area (Å²) in [5.41, 5.74) is 3.67. The van der Waals surface area contributed by atoms with Gasteiger partial charge in [0.2, 0.25) is 0 Å². The van der Waals surface area contributed by atoms with Crippen molar-refractivity contribution in [3.63, 3.8) is 0 Å². The summed E-state index contributed by atoms with van der Waals surface area (Å²) in [7, 11) is -1.76. The maximum absolute atomic E-state index is 12.2. The van der Waals surface area contributed by atoms with Crippen LogP contribution in [0.25, 0.3) is 11.0 Å². The Labute approximate surface area is 135 Å². The number of rotatable bonds is 4. The van der Waals surface area contributed by atoms with Crippen molar-refractivity contribution < 1.29 is 17.7 Å². The Kier molecular flexibility index (Phi) is 3.85. The van der Waals surface area contributed by atoms with E-state index in [1.54, 1.807) is 11.7 Å². The Morgan fingerprint density at radius 2 is 1.91 bits per heavy atom. The minimum Gasteiger partial charge on any atom is -0.496 e. The van der Waals surface area contributed by atoms with Gasteiger partial charge in [0.25, 0.3) is 9.84 Å². The number of aryl methyl sites for hydroxylation is 1. The van der Waals surface area contributed by atoms with Crippen LogP contribution in [0.4, 0.5) is 0 Å². The van der Waals surface area contributed by atoms with Gasteiger partial charge in [0, 0.05) is 5.56 Å². The largest absolute Gasteiger partial charge is 0.496 e. The molecule has 0 spiro atoms. The Morgan fingerprint density at radius 3 is 2.61 bits per heavy atom. The smallest absolute Gasteiger partial charge is 0.374 e. The van der Waals surface area contributed by atoms with Crippen LogP contribution in [0.3, 0.4) is 0 Å². The van der Waals surface area contributed by atoms with Crippen LogP contribution in [-0.4, -0.2) is 26.8 Å². The van der Waals surface area contributed by atoms with Crippen molar-refractivity contribution in [2.24, 2.45) is 0 Å². The van der Waals surface area contributed by atoms with E-state index >= 15 is 0 Å². The molecule has 6 heteroatoms. The third-order valence-electron chi connectivity index (χ3n) is 3.80. The van der Waals surface area contributed by atoms with Gasteiger partial charge in [-0.05, 0) is 31.2 Å². The van der Waals surface area contributed by atoms with E-state index in [-0.39, 0.29) is 5.16 Å². The predicted molar refractivity (Wildman–Crippen MR) is 88.4 cm³/mol. The average molecular weight is 331 g/mol. The highest BCUT2D eigenvalue weighted by molar-refractivity contribution is 7.90. The normalized spacial score (nSPS) is 11.8. The molecule has 1 aromatic heterocycles. The molecule has 0 bridgehead atoms. The summed E-state index contributed by atoms with van der Waals surface area (Å²) in [5.74, 6) is 0.743. The number of imidazole rings is 1. The number of sulfone groups is 1. The van der Waals surface area contributed by atoms with Crippen LogP contribution >= 0.6 is 0 Å². The lowest BCUT2D eigenvalue weighted by atomic mass is 10.1. The van der Waals surface area contributed by atoms with Crippen molar-refractivity contribution in [2.75, 3.05) is 13.4 Å². The quantitative estimate of drug-likeness (QED) is 0.746. The molecule has 3 rings (SSSR count). The lowest BCUT2D eigenvalue weighted by molar-refractivity contribution is -0.701. The van der Waals surface area contributed by atoms with Crippen molar-refractivity contribution in [2.45, 2.75) is 18.6 Å². The number of para-hydroxylation sites is 2. The fraction of sp³-hybridized carbons (Fsp3) is 0.235. The minimum absolute atomic E-state index is 0.197. The second kappa shape index (κ2) is 5.70. The molecular weight excluding hydrogens is 312 g/mol. The van der Waals surface area contributed by atoms with Crippen molar-refractivity contribution in [3.05, 3.63) is 53.6 Å². The van der Waals surface area contributed by atoms with Crippen LogP contribution in [0.15, 0.2) is 47.6 Å². The van der Waals surface area contributed by atoms with E-state index in [4.69, 9.17) is 4.74 Å². The number of hydrogen-bond donors (Lipinski definition) is 1. The van der Waals surface area contributed by atoms with Gasteiger partial charge in [-0.2, -0.15) is 0 Å². The first-order chi connectivity index (χ1) is 10.9. The van der Waals surface area contributed by atoms with E-state index in [1.165, 1.54) is 6.26 Å². The Balaban J connectivity index is 2.22. The third-order valence-corrected chi connectivity index (χ3v) is 4.82. The Bertz CT molecular complexity index is 975. The SMILES string of the molecule is COc1ccc(C)cc1C[n+]1c(S(C)(=O)=O)[nH]c2ccccc21. The molecule has 0 aliphatic heterocycles. The van der Waals surface area contributed by atoms with E-state index in [9.17, 15) is 8.42 Å². The first kappa shape index (κ1) is 15.6. The van der Waals surface area contributed by atoms with Crippen LogP contribution in [0.1, 0.15) is 11.1 Å². The van der Waals surface area contributed by atoms with Gasteiger partial charge >= 0.3 is 5.16 Å². The van der Waals surface area contributed by atoms with Gasteiger partial charge in [0.1, 0.15) is 12.3 Å². The number of hydrogen-bond acceptors (Lipinski definition) is 3. The molecule has 0 fully saturated rings. The molecule has 2 aromatic carbocycles. The second-order valence-corrected chi connectivity index (χ2v) is 7.55. The zero-order chi connectivity index (χ0) is 16.6. The maximum atomic E-state index is 12.2. The van der Waals surface area contributed by atoms with Crippen LogP contribution in [0, 0.1) is 6.92 Å². The number of methoxy groups -OCH3 is 1. The molecule has 0 saturated carbocycles. The summed E-state index contributed by atoms with van der Waals surface area (Å²) in [6, 6.07) is 13.4. The van der Waals surface area contributed by atoms with Gasteiger partial charge in [0.05, 0.1) is 13.4 Å². The summed E-state index contributed by atoms with van der Waals surface area (Å²) >= 11 is 0. The summed E-state index contributed by atoms with van der Waals surface area (Å²) in [5, 5.41) is 0.197. The average Bonchev–Trinajstić information content (AvgIpc) is 2.87. The summed E-state index contributed by atoms with van der Waals surface area (Å²) < 4.78 is 31.5. The van der Waals surface area contributed by atoms with E-state index in [1.807, 2.05) is 49.4 Å². The van der Waals surface area contributed by atoms with Crippen LogP contribution in [-0.2, 0) is 16.4 Å². The Hall–Kier alpha value is -2.34. The van der Waals surface area contributed by atoms with Crippen molar-refractivity contribution in [1.29, 1.82) is 0 Å². The predicted octanol–water partition coefficient (Wildman–Crippen LogP) is 2.22. The molecule has 1 heterocycles. The second-order valence-electron chi connectivity index (χ2n) is 5.62. The van der Waals surface area contributed by atoms with Crippen molar-refractivity contribution in [3.8, 4) is 5.75 Å². The number of nitrogens with one attached hydrogen (secondary N) is 1. The van der Waals surface area contributed by atoms with Crippen LogP contribution < -0.4 is 9.30 Å². The van der Waals surface area contributed by atoms with Crippen LogP contribution in [0.5, 0.6) is 5.75 Å². The monoisotopic (exact) mass is 331 g/mol. The van der Waals surface area contributed by atoms with Crippen molar-refractivity contribution >= 4 is 20.9 Å². The number of aromatic nitrogens is 2. The van der Waals surface area contributed by atoms with Crippen molar-refractivity contribution in [1.82, 2.24) is 4.98 Å². The highest BCUT2D eigenvalue weighted by Gasteiger charge is 2.27. The number of benzene rings is 2. The van der Waals surface area contributed by atoms with Crippen LogP contribution in [0.2, 0.25) is 0 Å². The molecule has 0 aliphatic carbocycles. The van der Waals surface area contributed by atoms with E-state index in [2.05, 4.69) is 4.98 Å². The highest BCUT2D eigenvalue weighted by atomic mass is 32.2. The van der Waals surface area contributed by atoms with Gasteiger partial charge in [-0.1, -0.05) is 23.8 Å².